The lowest BCUT2D eigenvalue weighted by Crippen LogP contribution is -2.60. The van der Waals surface area contributed by atoms with Crippen molar-refractivity contribution in [1.82, 2.24) is 15.5 Å². The minimum absolute atomic E-state index is 0.184. The van der Waals surface area contributed by atoms with E-state index in [-0.39, 0.29) is 6.03 Å². The Kier molecular flexibility index (Phi) is 3.96. The molecule has 3 aliphatic rings. The number of piperidine rings is 1. The summed E-state index contributed by atoms with van der Waals surface area (Å²) in [6, 6.07) is 0.570. The van der Waals surface area contributed by atoms with Gasteiger partial charge in [-0.2, -0.15) is 0 Å². The molecule has 2 saturated heterocycles. The zero-order chi connectivity index (χ0) is 13.1. The summed E-state index contributed by atoms with van der Waals surface area (Å²) in [6.45, 7) is 2.95. The zero-order valence-corrected chi connectivity index (χ0v) is 11.9. The van der Waals surface area contributed by atoms with Crippen molar-refractivity contribution in [2.24, 2.45) is 0 Å². The SMILES string of the molecule is O=C(NC1CCNC2(CCC2)C1)N1CCCCCC1. The summed E-state index contributed by atoms with van der Waals surface area (Å²) in [5.74, 6) is 0. The van der Waals surface area contributed by atoms with E-state index in [1.165, 1.54) is 44.9 Å². The van der Waals surface area contributed by atoms with E-state index in [1.807, 2.05) is 4.90 Å². The first-order valence-corrected chi connectivity index (χ1v) is 8.08. The summed E-state index contributed by atoms with van der Waals surface area (Å²) in [7, 11) is 0. The summed E-state index contributed by atoms with van der Waals surface area (Å²) in [5, 5.41) is 6.95. The van der Waals surface area contributed by atoms with Gasteiger partial charge in [-0.05, 0) is 51.5 Å². The standard InChI is InChI=1S/C15H27N3O/c19-14(18-10-3-1-2-4-11-18)17-13-6-9-16-15(12-13)7-5-8-15/h13,16H,1-12H2,(H,17,19). The third-order valence-electron chi connectivity index (χ3n) is 5.16. The van der Waals surface area contributed by atoms with E-state index in [9.17, 15) is 4.79 Å². The monoisotopic (exact) mass is 265 g/mol. The highest BCUT2D eigenvalue weighted by Crippen LogP contribution is 2.38. The Morgan fingerprint density at radius 3 is 2.47 bits per heavy atom. The van der Waals surface area contributed by atoms with Crippen LogP contribution in [0.25, 0.3) is 0 Å². The fourth-order valence-electron chi connectivity index (χ4n) is 3.80. The smallest absolute Gasteiger partial charge is 0.317 e. The van der Waals surface area contributed by atoms with Gasteiger partial charge in [0.1, 0.15) is 0 Å². The van der Waals surface area contributed by atoms with E-state index in [1.54, 1.807) is 0 Å². The molecule has 3 rings (SSSR count). The molecule has 0 aromatic heterocycles. The number of carbonyl (C=O) groups is 1. The predicted molar refractivity (Wildman–Crippen MR) is 76.2 cm³/mol. The number of urea groups is 1. The van der Waals surface area contributed by atoms with Crippen LogP contribution < -0.4 is 10.6 Å². The number of likely N-dealkylation sites (tertiary alicyclic amines) is 1. The Morgan fingerprint density at radius 2 is 1.84 bits per heavy atom. The number of carbonyl (C=O) groups excluding carboxylic acids is 1. The quantitative estimate of drug-likeness (QED) is 0.764. The molecule has 4 heteroatoms. The average molecular weight is 265 g/mol. The van der Waals surface area contributed by atoms with Gasteiger partial charge in [0.2, 0.25) is 0 Å². The third kappa shape index (κ3) is 3.04. The molecule has 4 nitrogen and oxygen atoms in total. The van der Waals surface area contributed by atoms with Gasteiger partial charge in [0, 0.05) is 24.7 Å². The van der Waals surface area contributed by atoms with Crippen LogP contribution in [0, 0.1) is 0 Å². The molecule has 2 aliphatic heterocycles. The first kappa shape index (κ1) is 13.2. The summed E-state index contributed by atoms with van der Waals surface area (Å²) < 4.78 is 0. The minimum Gasteiger partial charge on any atom is -0.335 e. The van der Waals surface area contributed by atoms with E-state index in [2.05, 4.69) is 10.6 Å². The summed E-state index contributed by atoms with van der Waals surface area (Å²) in [6.07, 6.45) is 11.0. The number of rotatable bonds is 1. The van der Waals surface area contributed by atoms with E-state index in [0.29, 0.717) is 11.6 Å². The van der Waals surface area contributed by atoms with Gasteiger partial charge in [0.25, 0.3) is 0 Å². The lowest BCUT2D eigenvalue weighted by molar-refractivity contribution is 0.117. The van der Waals surface area contributed by atoms with Crippen molar-refractivity contribution < 1.29 is 4.79 Å². The van der Waals surface area contributed by atoms with E-state index in [4.69, 9.17) is 0 Å². The molecule has 0 aromatic rings. The van der Waals surface area contributed by atoms with Crippen LogP contribution >= 0.6 is 0 Å². The molecule has 2 amide bonds. The lowest BCUT2D eigenvalue weighted by atomic mass is 9.70. The number of nitrogens with one attached hydrogen (secondary N) is 2. The van der Waals surface area contributed by atoms with Crippen LogP contribution in [0.2, 0.25) is 0 Å². The van der Waals surface area contributed by atoms with Gasteiger partial charge in [0.15, 0.2) is 0 Å². The molecule has 2 heterocycles. The predicted octanol–water partition coefficient (Wildman–Crippen LogP) is 2.25. The van der Waals surface area contributed by atoms with Crippen molar-refractivity contribution in [3.05, 3.63) is 0 Å². The molecule has 0 bridgehead atoms. The number of amides is 2. The number of nitrogens with zero attached hydrogens (tertiary/aromatic N) is 1. The molecular weight excluding hydrogens is 238 g/mol. The van der Waals surface area contributed by atoms with Gasteiger partial charge < -0.3 is 15.5 Å². The fourth-order valence-corrected chi connectivity index (χ4v) is 3.80. The summed E-state index contributed by atoms with van der Waals surface area (Å²) in [4.78, 5) is 14.4. The molecule has 108 valence electrons. The second-order valence-corrected chi connectivity index (χ2v) is 6.60. The maximum absolute atomic E-state index is 12.3. The highest BCUT2D eigenvalue weighted by molar-refractivity contribution is 5.74. The Labute approximate surface area is 116 Å². The van der Waals surface area contributed by atoms with Crippen LogP contribution in [-0.2, 0) is 0 Å². The van der Waals surface area contributed by atoms with Crippen molar-refractivity contribution in [3.8, 4) is 0 Å². The Hall–Kier alpha value is -0.770. The number of hydrogen-bond donors (Lipinski definition) is 2. The zero-order valence-electron chi connectivity index (χ0n) is 11.9. The van der Waals surface area contributed by atoms with Crippen molar-refractivity contribution in [1.29, 1.82) is 0 Å². The Morgan fingerprint density at radius 1 is 1.11 bits per heavy atom. The van der Waals surface area contributed by atoms with Crippen molar-refractivity contribution in [2.45, 2.75) is 69.4 Å². The van der Waals surface area contributed by atoms with E-state index < -0.39 is 0 Å². The Balaban J connectivity index is 1.50. The molecule has 0 aromatic carbocycles. The molecule has 1 unspecified atom stereocenters. The molecule has 3 fully saturated rings. The van der Waals surface area contributed by atoms with Gasteiger partial charge in [-0.25, -0.2) is 4.79 Å². The maximum atomic E-state index is 12.3. The van der Waals surface area contributed by atoms with Crippen LogP contribution in [0.1, 0.15) is 57.8 Å². The second-order valence-electron chi connectivity index (χ2n) is 6.60. The van der Waals surface area contributed by atoms with Crippen LogP contribution in [0.5, 0.6) is 0 Å². The first-order valence-electron chi connectivity index (χ1n) is 8.08. The topological polar surface area (TPSA) is 44.4 Å². The fraction of sp³-hybridized carbons (Fsp3) is 0.933. The van der Waals surface area contributed by atoms with E-state index >= 15 is 0 Å². The number of hydrogen-bond acceptors (Lipinski definition) is 2. The van der Waals surface area contributed by atoms with Crippen LogP contribution in [0.4, 0.5) is 4.79 Å². The highest BCUT2D eigenvalue weighted by Gasteiger charge is 2.41. The highest BCUT2D eigenvalue weighted by atomic mass is 16.2. The van der Waals surface area contributed by atoms with Crippen molar-refractivity contribution in [2.75, 3.05) is 19.6 Å². The van der Waals surface area contributed by atoms with Crippen molar-refractivity contribution in [3.63, 3.8) is 0 Å². The molecule has 1 atom stereocenters. The van der Waals surface area contributed by atoms with Gasteiger partial charge in [0.05, 0.1) is 0 Å². The largest absolute Gasteiger partial charge is 0.335 e. The van der Waals surface area contributed by atoms with Crippen LogP contribution in [0.15, 0.2) is 0 Å². The van der Waals surface area contributed by atoms with E-state index in [0.717, 1.165) is 32.5 Å². The van der Waals surface area contributed by atoms with Crippen molar-refractivity contribution >= 4 is 6.03 Å². The average Bonchev–Trinajstić information content (AvgIpc) is 2.66. The molecule has 1 spiro atoms. The normalized spacial score (nSPS) is 30.5. The van der Waals surface area contributed by atoms with Gasteiger partial charge in [-0.1, -0.05) is 12.8 Å². The van der Waals surface area contributed by atoms with Crippen LogP contribution in [-0.4, -0.2) is 42.1 Å². The lowest BCUT2D eigenvalue weighted by Gasteiger charge is -2.48. The maximum Gasteiger partial charge on any atom is 0.317 e. The summed E-state index contributed by atoms with van der Waals surface area (Å²) >= 11 is 0. The van der Waals surface area contributed by atoms with Gasteiger partial charge in [-0.15, -0.1) is 0 Å². The second kappa shape index (κ2) is 5.70. The van der Waals surface area contributed by atoms with Crippen LogP contribution in [0.3, 0.4) is 0 Å². The molecule has 0 radical (unpaired) electrons. The summed E-state index contributed by atoms with van der Waals surface area (Å²) in [5.41, 5.74) is 0.370. The van der Waals surface area contributed by atoms with Gasteiger partial charge >= 0.3 is 6.03 Å². The molecular formula is C15H27N3O. The Bertz CT molecular complexity index is 319. The molecule has 2 N–H and O–H groups in total. The first-order chi connectivity index (χ1) is 9.27. The minimum atomic E-state index is 0.184. The third-order valence-corrected chi connectivity index (χ3v) is 5.16. The molecule has 19 heavy (non-hydrogen) atoms. The molecule has 1 saturated carbocycles. The molecule has 1 aliphatic carbocycles. The van der Waals surface area contributed by atoms with Gasteiger partial charge in [-0.3, -0.25) is 0 Å².